The molecule has 94 heavy (non-hydrogen) atoms. The summed E-state index contributed by atoms with van der Waals surface area (Å²) in [5.74, 6) is -1.28. The van der Waals surface area contributed by atoms with Crippen molar-refractivity contribution in [3.63, 3.8) is 0 Å². The first-order valence-corrected chi connectivity index (χ1v) is 36.7. The lowest BCUT2D eigenvalue weighted by atomic mass is 10.0. The van der Waals surface area contributed by atoms with Gasteiger partial charge in [-0.1, -0.05) is 221 Å². The van der Waals surface area contributed by atoms with Gasteiger partial charge in [-0.25, -0.2) is 9.59 Å². The largest absolute Gasteiger partial charge is 1.00 e. The number of allylic oxidation sites excluding steroid dienone is 2. The zero-order valence-corrected chi connectivity index (χ0v) is 61.3. The molecule has 0 aromatic rings. The van der Waals surface area contributed by atoms with Gasteiger partial charge in [0.1, 0.15) is 38.5 Å². The van der Waals surface area contributed by atoms with Crippen LogP contribution >= 0.6 is 0 Å². The summed E-state index contributed by atoms with van der Waals surface area (Å²) in [6.45, 7) is 11.4. The molecule has 0 amide bonds. The fourth-order valence-corrected chi connectivity index (χ4v) is 10.7. The number of esters is 6. The van der Waals surface area contributed by atoms with Gasteiger partial charge in [-0.2, -0.15) is 0 Å². The average molecular weight is 1380 g/mol. The Morgan fingerprint density at radius 2 is 0.585 bits per heavy atom. The first kappa shape index (κ1) is 99.4. The monoisotopic (exact) mass is 1380 g/mol. The summed E-state index contributed by atoms with van der Waals surface area (Å²) in [6, 6.07) is 0. The van der Waals surface area contributed by atoms with E-state index in [2.05, 4.69) is 39.8 Å². The molecule has 0 fully saturated rings. The first-order valence-electron chi connectivity index (χ1n) is 36.7. The van der Waals surface area contributed by atoms with Crippen molar-refractivity contribution < 1.29 is 101 Å². The summed E-state index contributed by atoms with van der Waals surface area (Å²) in [5.41, 5.74) is 0. The number of rotatable bonds is 65. The maximum Gasteiger partial charge on any atom is 0.362 e. The van der Waals surface area contributed by atoms with Crippen molar-refractivity contribution in [1.29, 1.82) is 0 Å². The molecule has 558 valence electrons. The van der Waals surface area contributed by atoms with Crippen molar-refractivity contribution in [3.05, 3.63) is 24.3 Å². The van der Waals surface area contributed by atoms with E-state index in [1.54, 1.807) is 0 Å². The Bertz CT molecular complexity index is 1710. The van der Waals surface area contributed by atoms with Crippen LogP contribution in [0, 0.1) is 0 Å². The minimum Gasteiger partial charge on any atom is -1.00 e. The van der Waals surface area contributed by atoms with Crippen molar-refractivity contribution >= 4 is 35.8 Å². The van der Waals surface area contributed by atoms with Gasteiger partial charge in [0.25, 0.3) is 0 Å². The molecule has 4 atom stereocenters. The normalized spacial score (nSPS) is 12.7. The predicted molar refractivity (Wildman–Crippen MR) is 377 cm³/mol. The topological polar surface area (TPSA) is 198 Å². The lowest BCUT2D eigenvalue weighted by molar-refractivity contribution is -0.883. The second-order valence-electron chi connectivity index (χ2n) is 26.9. The molecule has 0 radical (unpaired) electrons. The van der Waals surface area contributed by atoms with Gasteiger partial charge in [-0.3, -0.25) is 19.2 Å². The van der Waals surface area contributed by atoms with Crippen molar-refractivity contribution in [2.24, 2.45) is 0 Å². The predicted octanol–water partition coefficient (Wildman–Crippen LogP) is 11.5. The number of halogens is 2. The average Bonchev–Trinajstić information content (AvgIpc) is 1.05. The van der Waals surface area contributed by atoms with E-state index in [9.17, 15) is 39.0 Å². The molecule has 18 heteroatoms. The zero-order valence-electron chi connectivity index (χ0n) is 59.8. The molecule has 0 bridgehead atoms. The number of aliphatic hydroxyl groups excluding tert-OH is 2. The van der Waals surface area contributed by atoms with Crippen LogP contribution in [0.15, 0.2) is 24.3 Å². The lowest BCUT2D eigenvalue weighted by Gasteiger charge is -2.30. The number of hydrogen-bond donors (Lipinski definition) is 2. The van der Waals surface area contributed by atoms with E-state index in [0.29, 0.717) is 86.6 Å². The number of ether oxygens (including phenoxy) is 6. The summed E-state index contributed by atoms with van der Waals surface area (Å²) >= 11 is 0. The molecule has 0 saturated carbocycles. The molecule has 0 heterocycles. The first-order chi connectivity index (χ1) is 43.4. The van der Waals surface area contributed by atoms with Crippen molar-refractivity contribution in [2.75, 3.05) is 80.8 Å². The smallest absolute Gasteiger partial charge is 0.362 e. The quantitative estimate of drug-likeness (QED) is 0.0192. The third-order valence-electron chi connectivity index (χ3n) is 16.8. The highest BCUT2D eigenvalue weighted by Gasteiger charge is 2.29. The lowest BCUT2D eigenvalue weighted by Crippen LogP contribution is -3.00. The van der Waals surface area contributed by atoms with Crippen molar-refractivity contribution in [2.45, 2.75) is 349 Å². The van der Waals surface area contributed by atoms with Gasteiger partial charge >= 0.3 is 35.8 Å². The molecule has 16 nitrogen and oxygen atoms in total. The molecule has 0 aromatic carbocycles. The van der Waals surface area contributed by atoms with Crippen LogP contribution in [0.2, 0.25) is 0 Å². The highest BCUT2D eigenvalue weighted by Crippen LogP contribution is 2.19. The molecule has 4 unspecified atom stereocenters. The van der Waals surface area contributed by atoms with Gasteiger partial charge in [0.15, 0.2) is 13.1 Å². The molecular formula is C76H146Cl2N2O14. The number of unbranched alkanes of at least 4 members (excludes halogenated alkanes) is 29. The third-order valence-corrected chi connectivity index (χ3v) is 16.8. The summed E-state index contributed by atoms with van der Waals surface area (Å²) in [5, 5.41) is 22.1. The molecular weight excluding hydrogens is 1240 g/mol. The van der Waals surface area contributed by atoms with Crippen LogP contribution in [-0.4, -0.2) is 160 Å². The Morgan fingerprint density at radius 3 is 0.894 bits per heavy atom. The fraction of sp³-hybridized carbons (Fsp3) is 0.868. The maximum absolute atomic E-state index is 13.0. The number of quaternary nitrogens is 2. The molecule has 2 N–H and O–H groups in total. The van der Waals surface area contributed by atoms with Crippen LogP contribution in [0.25, 0.3) is 0 Å². The second-order valence-corrected chi connectivity index (χ2v) is 26.9. The van der Waals surface area contributed by atoms with E-state index < -0.39 is 24.4 Å². The molecule has 0 saturated heterocycles. The van der Waals surface area contributed by atoms with Crippen LogP contribution in [0.3, 0.4) is 0 Å². The molecule has 0 rings (SSSR count). The molecule has 0 spiro atoms. The second kappa shape index (κ2) is 69.6. The van der Waals surface area contributed by atoms with E-state index >= 15 is 0 Å². The number of carbonyl (C=O) groups excluding carboxylic acids is 6. The van der Waals surface area contributed by atoms with Crippen molar-refractivity contribution in [1.82, 2.24) is 0 Å². The standard InChI is InChI=1S/C74H138N2O14.2CH4.2ClH/c1-9-13-17-31-43-55-71(81)87-61-57-75(5,6)63-73(83)89-67(51-39-15-11-3)65(77)49-41-33-25-19-21-27-35-45-53-69(79)85-59-47-37-29-23-24-30-38-48-60-86-70(80)54-46-36-28-22-20-26-34-42-50-66(78)68(52-40-16-12-4)90-74(84)64-76(7,8)58-62-88-72(82)56-44-32-18-14-10-2;;;;/h33-34,41-42,65-68,77-78H,9-32,35-40,43-64H2,1-8H3;2*1H4;2*1H/q+2;;;;/p-2/b41-33-,42-34-;;;;. The summed E-state index contributed by atoms with van der Waals surface area (Å²) in [4.78, 5) is 74.9. The zero-order chi connectivity index (χ0) is 66.6. The van der Waals surface area contributed by atoms with Gasteiger partial charge in [0, 0.05) is 25.7 Å². The van der Waals surface area contributed by atoms with Crippen LogP contribution in [0.4, 0.5) is 0 Å². The van der Waals surface area contributed by atoms with E-state index in [1.807, 2.05) is 40.3 Å². The van der Waals surface area contributed by atoms with Crippen LogP contribution in [-0.2, 0) is 57.2 Å². The summed E-state index contributed by atoms with van der Waals surface area (Å²) in [6.07, 6.45) is 46.4. The Hall–Kier alpha value is -3.28. The van der Waals surface area contributed by atoms with Crippen molar-refractivity contribution in [3.8, 4) is 0 Å². The third kappa shape index (κ3) is 66.0. The highest BCUT2D eigenvalue weighted by molar-refractivity contribution is 5.72. The SMILES string of the molecule is C.C.CCCCCCCC(=O)OCC[N+](C)(C)CC(=O)OC(CCCCC)C(O)C/C=C\CCCCCCCC(=O)OCCCCCCCCCCOC(=O)CCCCCCC/C=C\CC(O)C(CCCCC)OC(=O)C[N+](C)(C)CCOC(=O)CCCCCCC.[Cl-].[Cl-]. The summed E-state index contributed by atoms with van der Waals surface area (Å²) < 4.78 is 34.2. The highest BCUT2D eigenvalue weighted by atomic mass is 35.5. The number of nitrogens with zero attached hydrogens (tertiary/aromatic N) is 2. The Kier molecular flexibility index (Phi) is 73.6. The van der Waals surface area contributed by atoms with Crippen LogP contribution < -0.4 is 24.8 Å². The maximum atomic E-state index is 13.0. The van der Waals surface area contributed by atoms with Gasteiger partial charge in [-0.15, -0.1) is 0 Å². The Balaban J connectivity index is -0.00000660. The minimum absolute atomic E-state index is 0. The van der Waals surface area contributed by atoms with E-state index in [0.717, 1.165) is 205 Å². The van der Waals surface area contributed by atoms with Crippen LogP contribution in [0.1, 0.15) is 325 Å². The van der Waals surface area contributed by atoms with E-state index in [-0.39, 0.29) is 102 Å². The van der Waals surface area contributed by atoms with E-state index in [1.165, 1.54) is 25.7 Å². The van der Waals surface area contributed by atoms with Gasteiger partial charge in [-0.05, 0) is 103 Å². The van der Waals surface area contributed by atoms with Crippen LogP contribution in [0.5, 0.6) is 0 Å². The molecule has 0 aliphatic rings. The Labute approximate surface area is 588 Å². The Morgan fingerprint density at radius 1 is 0.330 bits per heavy atom. The number of carbonyl (C=O) groups is 6. The summed E-state index contributed by atoms with van der Waals surface area (Å²) in [7, 11) is 7.69. The fourth-order valence-electron chi connectivity index (χ4n) is 10.7. The number of hydrogen-bond acceptors (Lipinski definition) is 14. The molecule has 0 aromatic heterocycles. The van der Waals surface area contributed by atoms with E-state index in [4.69, 9.17) is 28.4 Å². The molecule has 0 aliphatic heterocycles. The minimum atomic E-state index is -0.769. The molecule has 0 aliphatic carbocycles. The van der Waals surface area contributed by atoms with Gasteiger partial charge < -0.3 is 72.4 Å². The number of likely N-dealkylation sites (N-methyl/N-ethyl adjacent to an activating group) is 2. The van der Waals surface area contributed by atoms with Gasteiger partial charge in [0.05, 0.1) is 53.6 Å². The number of aliphatic hydroxyl groups is 2. The van der Waals surface area contributed by atoms with Gasteiger partial charge in [0.2, 0.25) is 0 Å².